The van der Waals surface area contributed by atoms with Crippen LogP contribution >= 0.6 is 0 Å². The van der Waals surface area contributed by atoms with Crippen LogP contribution in [0.4, 0.5) is 0 Å². The number of amides is 2. The quantitative estimate of drug-likeness (QED) is 0.0729. The normalized spacial score (nSPS) is 14.7. The van der Waals surface area contributed by atoms with Crippen molar-refractivity contribution in [2.75, 3.05) is 58.9 Å². The Morgan fingerprint density at radius 1 is 0.794 bits per heavy atom. The number of phenolic OH excluding ortho intramolecular Hbond substituents is 1. The highest BCUT2D eigenvalue weighted by molar-refractivity contribution is 6.09. The lowest BCUT2D eigenvalue weighted by Gasteiger charge is -2.40. The number of nitrogens with one attached hydrogen (secondary N) is 1. The molecule has 342 valence electrons. The second-order valence-electron chi connectivity index (χ2n) is 16.7. The summed E-state index contributed by atoms with van der Waals surface area (Å²) < 4.78 is 20.1. The van der Waals surface area contributed by atoms with E-state index in [1.807, 2.05) is 77.8 Å². The third-order valence-electron chi connectivity index (χ3n) is 12.3. The lowest BCUT2D eigenvalue weighted by atomic mass is 9.90. The molecule has 0 radical (unpaired) electrons. The van der Waals surface area contributed by atoms with E-state index >= 15 is 0 Å². The molecule has 4 aromatic carbocycles. The minimum atomic E-state index is -1.23. The van der Waals surface area contributed by atoms with Crippen LogP contribution in [-0.2, 0) is 4.79 Å². The van der Waals surface area contributed by atoms with E-state index in [-0.39, 0.29) is 45.6 Å². The van der Waals surface area contributed by atoms with Crippen LogP contribution in [0.15, 0.2) is 149 Å². The first-order chi connectivity index (χ1) is 33.1. The number of rotatable bonds is 14. The number of benzene rings is 5. The van der Waals surface area contributed by atoms with Crippen molar-refractivity contribution in [1.82, 2.24) is 34.6 Å². The average molecular weight is 912 g/mol. The van der Waals surface area contributed by atoms with Crippen LogP contribution < -0.4 is 20.2 Å². The van der Waals surface area contributed by atoms with Gasteiger partial charge in [0.2, 0.25) is 11.8 Å². The van der Waals surface area contributed by atoms with Gasteiger partial charge in [-0.05, 0) is 84.4 Å². The minimum Gasteiger partial charge on any atom is -0.508 e. The summed E-state index contributed by atoms with van der Waals surface area (Å²) in [5, 5.41) is 23.9. The van der Waals surface area contributed by atoms with Crippen molar-refractivity contribution >= 4 is 39.8 Å². The molecule has 4 aliphatic rings. The van der Waals surface area contributed by atoms with Crippen molar-refractivity contribution in [3.63, 3.8) is 0 Å². The number of carbonyl (C=O) groups excluding carboxylic acids is 2. The summed E-state index contributed by atoms with van der Waals surface area (Å²) >= 11 is 0. The number of hydrogen-bond acceptors (Lipinski definition) is 12. The fraction of sp³-hybridized carbons (Fsp3) is 0.192. The Balaban J connectivity index is 0.683. The van der Waals surface area contributed by atoms with Gasteiger partial charge in [-0.1, -0.05) is 30.3 Å². The van der Waals surface area contributed by atoms with Gasteiger partial charge in [0.1, 0.15) is 46.2 Å². The van der Waals surface area contributed by atoms with Crippen LogP contribution in [0.3, 0.4) is 0 Å². The molecule has 3 aliphatic heterocycles. The van der Waals surface area contributed by atoms with E-state index in [4.69, 9.17) is 13.9 Å². The lowest BCUT2D eigenvalue weighted by molar-refractivity contribution is -0.131. The Labute approximate surface area is 389 Å². The molecule has 10 rings (SSSR count). The molecule has 0 spiro atoms. The number of fused-ring (bicyclic) bond motifs is 3. The molecule has 3 N–H and O–H groups in total. The number of carboxylic acid groups (broad SMARTS) is 1. The molecule has 2 fully saturated rings. The number of hydrogen-bond donors (Lipinski definition) is 3. The molecule has 16 nitrogen and oxygen atoms in total. The third kappa shape index (κ3) is 9.22. The molecule has 0 atom stereocenters. The van der Waals surface area contributed by atoms with Gasteiger partial charge in [0.25, 0.3) is 5.91 Å². The molecule has 5 heterocycles. The van der Waals surface area contributed by atoms with E-state index in [1.54, 1.807) is 30.3 Å². The molecule has 6 aromatic rings. The molecule has 0 bridgehead atoms. The Kier molecular flexibility index (Phi) is 12.1. The number of ether oxygens (including phenoxy) is 2. The van der Waals surface area contributed by atoms with Crippen molar-refractivity contribution in [3.8, 4) is 51.3 Å². The number of aromatic hydroxyl groups is 1. The van der Waals surface area contributed by atoms with Crippen molar-refractivity contribution < 1.29 is 38.5 Å². The summed E-state index contributed by atoms with van der Waals surface area (Å²) in [6.07, 6.45) is 7.00. The van der Waals surface area contributed by atoms with Crippen molar-refractivity contribution in [3.05, 3.63) is 161 Å². The maximum Gasteiger partial charge on any atom is 0.336 e. The van der Waals surface area contributed by atoms with Gasteiger partial charge < -0.3 is 38.9 Å². The van der Waals surface area contributed by atoms with E-state index in [2.05, 4.69) is 29.7 Å². The van der Waals surface area contributed by atoms with Crippen LogP contribution in [0.2, 0.25) is 0 Å². The van der Waals surface area contributed by atoms with Crippen LogP contribution in [-0.4, -0.2) is 116 Å². The zero-order valence-corrected chi connectivity index (χ0v) is 36.7. The zero-order valence-electron chi connectivity index (χ0n) is 36.7. The minimum absolute atomic E-state index is 0.0409. The number of para-hydroxylation sites is 1. The van der Waals surface area contributed by atoms with Gasteiger partial charge in [0.05, 0.1) is 17.1 Å². The first kappa shape index (κ1) is 43.5. The van der Waals surface area contributed by atoms with Crippen molar-refractivity contribution in [2.24, 2.45) is 0 Å². The second-order valence-corrected chi connectivity index (χ2v) is 16.7. The molecule has 2 aromatic heterocycles. The van der Waals surface area contributed by atoms with Crippen molar-refractivity contribution in [2.45, 2.75) is 6.04 Å². The van der Waals surface area contributed by atoms with Gasteiger partial charge in [-0.2, -0.15) is 4.98 Å². The van der Waals surface area contributed by atoms with Gasteiger partial charge in [-0.3, -0.25) is 24.2 Å². The molecule has 2 saturated heterocycles. The summed E-state index contributed by atoms with van der Waals surface area (Å²) in [6, 6.07) is 32.2. The number of likely N-dealkylation sites (tertiary alicyclic amines) is 1. The SMILES string of the molecule is O=C(NCCN1CCN(C/C=C/C(=O)N2CC(n3ccc4ncnc(Oc5ccc(Oc6ccccc6)cc5)c43)C2)CC1)c1ccc(-c2c3ccc(=O)cc-3oc3cc(O)ccc23)c(C(=O)O)c1. The molecule has 1 aliphatic carbocycles. The van der Waals surface area contributed by atoms with E-state index < -0.39 is 11.9 Å². The predicted octanol–water partition coefficient (Wildman–Crippen LogP) is 7.29. The fourth-order valence-electron chi connectivity index (χ4n) is 8.73. The highest BCUT2D eigenvalue weighted by Crippen LogP contribution is 2.42. The fourth-order valence-corrected chi connectivity index (χ4v) is 8.73. The number of piperazine rings is 1. The number of aromatic nitrogens is 3. The molecule has 0 unspecified atom stereocenters. The number of phenols is 1. The number of carbonyl (C=O) groups is 3. The smallest absolute Gasteiger partial charge is 0.336 e. The van der Waals surface area contributed by atoms with Gasteiger partial charge in [-0.25, -0.2) is 9.78 Å². The van der Waals surface area contributed by atoms with Crippen LogP contribution in [0.5, 0.6) is 28.9 Å². The largest absolute Gasteiger partial charge is 0.508 e. The molecule has 2 amide bonds. The summed E-state index contributed by atoms with van der Waals surface area (Å²) in [6.45, 7) is 5.88. The lowest BCUT2D eigenvalue weighted by Crippen LogP contribution is -2.50. The first-order valence-electron chi connectivity index (χ1n) is 22.2. The summed E-state index contributed by atoms with van der Waals surface area (Å²) in [7, 11) is 0. The zero-order chi connectivity index (χ0) is 46.7. The van der Waals surface area contributed by atoms with Crippen molar-refractivity contribution in [1.29, 1.82) is 0 Å². The molecule has 16 heteroatoms. The standard InChI is InChI=1S/C52H45N7O9/c60-35-9-16-41-45(28-35)68-46-29-36(61)10-17-42(46)48(41)40-15-8-33(27-43(40)52(64)65)50(63)53-19-22-57-25-23-56(24-26-57)20-4-7-47(62)58-30-34(31-58)59-21-18-44-49(59)51(55-32-54-44)67-39-13-11-38(12-14-39)66-37-5-2-1-3-6-37/h1-18,21,27-29,32,34,60H,19-20,22-26,30-31H2,(H,53,63)(H,64,65)/b7-4+. The molecule has 68 heavy (non-hydrogen) atoms. The summed E-state index contributed by atoms with van der Waals surface area (Å²) in [5.74, 6) is 0.994. The van der Waals surface area contributed by atoms with E-state index in [0.29, 0.717) is 72.2 Å². The van der Waals surface area contributed by atoms with Gasteiger partial charge in [-0.15, -0.1) is 0 Å². The summed E-state index contributed by atoms with van der Waals surface area (Å²) in [4.78, 5) is 66.5. The Morgan fingerprint density at radius 2 is 1.53 bits per heavy atom. The maximum absolute atomic E-state index is 13.3. The highest BCUT2D eigenvalue weighted by Gasteiger charge is 2.32. The highest BCUT2D eigenvalue weighted by atomic mass is 16.5. The summed E-state index contributed by atoms with van der Waals surface area (Å²) in [5.41, 5.74) is 2.97. The monoisotopic (exact) mass is 911 g/mol. The predicted molar refractivity (Wildman–Crippen MR) is 254 cm³/mol. The Bertz CT molecular complexity index is 3230. The first-order valence-corrected chi connectivity index (χ1v) is 22.2. The van der Waals surface area contributed by atoms with E-state index in [1.165, 1.54) is 36.7 Å². The maximum atomic E-state index is 13.3. The molecular weight excluding hydrogens is 867 g/mol. The van der Waals surface area contributed by atoms with Gasteiger partial charge >= 0.3 is 5.97 Å². The van der Waals surface area contributed by atoms with Gasteiger partial charge in [0.15, 0.2) is 5.43 Å². The topological polar surface area (TPSA) is 193 Å². The Hall–Kier alpha value is -8.34. The van der Waals surface area contributed by atoms with Crippen LogP contribution in [0, 0.1) is 0 Å². The van der Waals surface area contributed by atoms with Gasteiger partial charge in [0, 0.05) is 105 Å². The number of carboxylic acids is 1. The van der Waals surface area contributed by atoms with Crippen LogP contribution in [0.1, 0.15) is 26.8 Å². The van der Waals surface area contributed by atoms with E-state index in [0.717, 1.165) is 43.0 Å². The molecular formula is C52H45N7O9. The third-order valence-corrected chi connectivity index (χ3v) is 12.3. The second kappa shape index (κ2) is 18.9. The average Bonchev–Trinajstić information content (AvgIpc) is 3.76. The van der Waals surface area contributed by atoms with E-state index in [9.17, 15) is 29.4 Å². The number of aromatic carboxylic acids is 1. The molecule has 0 saturated carbocycles. The number of nitrogens with zero attached hydrogens (tertiary/aromatic N) is 6. The van der Waals surface area contributed by atoms with Crippen LogP contribution in [0.25, 0.3) is 44.5 Å². The Morgan fingerprint density at radius 3 is 2.31 bits per heavy atom.